The number of aryl methyl sites for hydroxylation is 1. The van der Waals surface area contributed by atoms with E-state index in [-0.39, 0.29) is 22.4 Å². The highest BCUT2D eigenvalue weighted by molar-refractivity contribution is 6.33. The molecule has 8 heteroatoms. The van der Waals surface area contributed by atoms with Gasteiger partial charge in [-0.1, -0.05) is 11.6 Å². The zero-order chi connectivity index (χ0) is 18.3. The van der Waals surface area contributed by atoms with E-state index in [2.05, 4.69) is 15.1 Å². The first-order valence-corrected chi connectivity index (χ1v) is 8.82. The van der Waals surface area contributed by atoms with Crippen molar-refractivity contribution in [1.29, 1.82) is 0 Å². The van der Waals surface area contributed by atoms with Gasteiger partial charge in [-0.25, -0.2) is 13.9 Å². The van der Waals surface area contributed by atoms with E-state index in [1.54, 1.807) is 9.42 Å². The number of amides is 1. The SMILES string of the molecule is Cc1cc(C2CCCN(C(=O)c3cc(F)ccc3Cl)C2)n2ncnc2n1. The van der Waals surface area contributed by atoms with E-state index in [0.29, 0.717) is 18.9 Å². The first-order chi connectivity index (χ1) is 12.5. The van der Waals surface area contributed by atoms with Gasteiger partial charge in [0.15, 0.2) is 0 Å². The lowest BCUT2D eigenvalue weighted by atomic mass is 9.93. The number of carbonyl (C=O) groups is 1. The first-order valence-electron chi connectivity index (χ1n) is 8.44. The lowest BCUT2D eigenvalue weighted by Gasteiger charge is -2.33. The summed E-state index contributed by atoms with van der Waals surface area (Å²) >= 11 is 6.10. The van der Waals surface area contributed by atoms with Crippen LogP contribution in [0.25, 0.3) is 5.78 Å². The minimum Gasteiger partial charge on any atom is -0.338 e. The molecule has 1 atom stereocenters. The van der Waals surface area contributed by atoms with Crippen molar-refractivity contribution in [1.82, 2.24) is 24.5 Å². The number of carbonyl (C=O) groups excluding carboxylic acids is 1. The summed E-state index contributed by atoms with van der Waals surface area (Å²) in [7, 11) is 0. The topological polar surface area (TPSA) is 63.4 Å². The smallest absolute Gasteiger partial charge is 0.255 e. The van der Waals surface area contributed by atoms with Crippen LogP contribution in [0, 0.1) is 12.7 Å². The number of hydrogen-bond acceptors (Lipinski definition) is 4. The molecule has 1 unspecified atom stereocenters. The predicted octanol–water partition coefficient (Wildman–Crippen LogP) is 3.25. The molecule has 3 heterocycles. The number of piperidine rings is 1. The molecule has 0 spiro atoms. The summed E-state index contributed by atoms with van der Waals surface area (Å²) in [5.41, 5.74) is 2.04. The number of likely N-dealkylation sites (tertiary alicyclic amines) is 1. The first kappa shape index (κ1) is 16.9. The van der Waals surface area contributed by atoms with Crippen LogP contribution in [0.3, 0.4) is 0 Å². The normalized spacial score (nSPS) is 17.7. The van der Waals surface area contributed by atoms with Crippen molar-refractivity contribution in [2.75, 3.05) is 13.1 Å². The van der Waals surface area contributed by atoms with E-state index < -0.39 is 5.82 Å². The molecule has 0 radical (unpaired) electrons. The quantitative estimate of drug-likeness (QED) is 0.691. The van der Waals surface area contributed by atoms with E-state index in [4.69, 9.17) is 11.6 Å². The monoisotopic (exact) mass is 373 g/mol. The van der Waals surface area contributed by atoms with Gasteiger partial charge >= 0.3 is 0 Å². The van der Waals surface area contributed by atoms with Gasteiger partial charge in [-0.05, 0) is 44.0 Å². The molecule has 1 saturated heterocycles. The predicted molar refractivity (Wildman–Crippen MR) is 94.8 cm³/mol. The van der Waals surface area contributed by atoms with E-state index in [1.165, 1.54) is 24.5 Å². The Morgan fingerprint density at radius 2 is 2.19 bits per heavy atom. The third-order valence-corrected chi connectivity index (χ3v) is 5.02. The Morgan fingerprint density at radius 1 is 1.35 bits per heavy atom. The van der Waals surface area contributed by atoms with Crippen LogP contribution in [-0.2, 0) is 0 Å². The maximum absolute atomic E-state index is 13.5. The van der Waals surface area contributed by atoms with E-state index in [1.807, 2.05) is 13.0 Å². The minimum absolute atomic E-state index is 0.103. The molecule has 1 aromatic carbocycles. The average Bonchev–Trinajstić information content (AvgIpc) is 3.11. The van der Waals surface area contributed by atoms with Gasteiger partial charge in [0.1, 0.15) is 12.1 Å². The maximum Gasteiger partial charge on any atom is 0.255 e. The zero-order valence-electron chi connectivity index (χ0n) is 14.2. The number of benzene rings is 1. The van der Waals surface area contributed by atoms with Crippen LogP contribution in [0.1, 0.15) is 40.5 Å². The summed E-state index contributed by atoms with van der Waals surface area (Å²) in [5.74, 6) is -0.0669. The highest BCUT2D eigenvalue weighted by Gasteiger charge is 2.28. The molecule has 26 heavy (non-hydrogen) atoms. The molecular weight excluding hydrogens is 357 g/mol. The second kappa shape index (κ2) is 6.64. The Labute approximate surface area is 154 Å². The molecule has 1 amide bonds. The van der Waals surface area contributed by atoms with E-state index in [0.717, 1.165) is 24.2 Å². The van der Waals surface area contributed by atoms with Gasteiger partial charge < -0.3 is 4.90 Å². The summed E-state index contributed by atoms with van der Waals surface area (Å²) in [6.07, 6.45) is 3.25. The Bertz CT molecular complexity index is 989. The molecule has 3 aromatic rings. The van der Waals surface area contributed by atoms with Crippen molar-refractivity contribution >= 4 is 23.3 Å². The number of halogens is 2. The summed E-state index contributed by atoms with van der Waals surface area (Å²) < 4.78 is 15.3. The van der Waals surface area contributed by atoms with Crippen molar-refractivity contribution in [3.8, 4) is 0 Å². The minimum atomic E-state index is -0.472. The van der Waals surface area contributed by atoms with Gasteiger partial charge in [-0.15, -0.1) is 0 Å². The zero-order valence-corrected chi connectivity index (χ0v) is 14.9. The highest BCUT2D eigenvalue weighted by atomic mass is 35.5. The third kappa shape index (κ3) is 3.03. The van der Waals surface area contributed by atoms with Crippen molar-refractivity contribution in [2.45, 2.75) is 25.7 Å². The van der Waals surface area contributed by atoms with Gasteiger partial charge in [0, 0.05) is 24.7 Å². The number of aromatic nitrogens is 4. The highest BCUT2D eigenvalue weighted by Crippen LogP contribution is 2.29. The Balaban J connectivity index is 1.64. The van der Waals surface area contributed by atoms with Crippen LogP contribution in [0.2, 0.25) is 5.02 Å². The molecule has 0 N–H and O–H groups in total. The Morgan fingerprint density at radius 3 is 3.04 bits per heavy atom. The second-order valence-corrected chi connectivity index (χ2v) is 6.92. The number of fused-ring (bicyclic) bond motifs is 1. The molecule has 0 aliphatic carbocycles. The number of nitrogens with zero attached hydrogens (tertiary/aromatic N) is 5. The molecule has 0 bridgehead atoms. The molecule has 6 nitrogen and oxygen atoms in total. The maximum atomic E-state index is 13.5. The molecule has 2 aromatic heterocycles. The summed E-state index contributed by atoms with van der Waals surface area (Å²) in [4.78, 5) is 23.1. The summed E-state index contributed by atoms with van der Waals surface area (Å²) in [6.45, 7) is 3.05. The lowest BCUT2D eigenvalue weighted by molar-refractivity contribution is 0.0705. The Hall–Kier alpha value is -2.54. The van der Waals surface area contributed by atoms with Crippen LogP contribution in [0.15, 0.2) is 30.6 Å². The summed E-state index contributed by atoms with van der Waals surface area (Å²) in [5, 5.41) is 4.52. The molecule has 1 fully saturated rings. The van der Waals surface area contributed by atoms with Gasteiger partial charge in [-0.3, -0.25) is 4.79 Å². The van der Waals surface area contributed by atoms with E-state index >= 15 is 0 Å². The standard InChI is InChI=1S/C18H17ClFN5O/c1-11-7-16(25-18(23-11)21-10-22-25)12-3-2-6-24(9-12)17(26)14-8-13(20)4-5-15(14)19/h4-5,7-8,10,12H,2-3,6,9H2,1H3. The third-order valence-electron chi connectivity index (χ3n) is 4.69. The molecule has 4 rings (SSSR count). The molecular formula is C18H17ClFN5O. The van der Waals surface area contributed by atoms with Crippen LogP contribution < -0.4 is 0 Å². The number of rotatable bonds is 2. The molecule has 0 saturated carbocycles. The average molecular weight is 374 g/mol. The second-order valence-electron chi connectivity index (χ2n) is 6.51. The molecule has 1 aliphatic rings. The van der Waals surface area contributed by atoms with Crippen LogP contribution in [0.5, 0.6) is 0 Å². The fourth-order valence-electron chi connectivity index (χ4n) is 3.48. The van der Waals surface area contributed by atoms with E-state index in [9.17, 15) is 9.18 Å². The fourth-order valence-corrected chi connectivity index (χ4v) is 3.68. The largest absolute Gasteiger partial charge is 0.338 e. The fraction of sp³-hybridized carbons (Fsp3) is 0.333. The summed E-state index contributed by atoms with van der Waals surface area (Å²) in [6, 6.07) is 5.84. The van der Waals surface area contributed by atoms with Gasteiger partial charge in [0.2, 0.25) is 0 Å². The molecule has 134 valence electrons. The lowest BCUT2D eigenvalue weighted by Crippen LogP contribution is -2.39. The number of hydrogen-bond donors (Lipinski definition) is 0. The van der Waals surface area contributed by atoms with Crippen molar-refractivity contribution < 1.29 is 9.18 Å². The van der Waals surface area contributed by atoms with Gasteiger partial charge in [0.25, 0.3) is 11.7 Å². The van der Waals surface area contributed by atoms with Crippen LogP contribution in [-0.4, -0.2) is 43.5 Å². The van der Waals surface area contributed by atoms with Crippen LogP contribution >= 0.6 is 11.6 Å². The molecule has 1 aliphatic heterocycles. The van der Waals surface area contributed by atoms with Gasteiger partial charge in [-0.2, -0.15) is 10.1 Å². The van der Waals surface area contributed by atoms with Gasteiger partial charge in [0.05, 0.1) is 16.3 Å². The van der Waals surface area contributed by atoms with Crippen molar-refractivity contribution in [2.24, 2.45) is 0 Å². The van der Waals surface area contributed by atoms with Crippen LogP contribution in [0.4, 0.5) is 4.39 Å². The Kier molecular flexibility index (Phi) is 4.32. The van der Waals surface area contributed by atoms with Crippen molar-refractivity contribution in [3.05, 3.63) is 58.4 Å². The van der Waals surface area contributed by atoms with Crippen molar-refractivity contribution in [3.63, 3.8) is 0 Å².